The second-order valence-electron chi connectivity index (χ2n) is 5.78. The van der Waals surface area contributed by atoms with Crippen molar-refractivity contribution in [2.75, 3.05) is 13.3 Å². The van der Waals surface area contributed by atoms with E-state index < -0.39 is 7.92 Å². The largest absolute Gasteiger partial charge is 0.454 e. The highest BCUT2D eigenvalue weighted by Crippen LogP contribution is 2.38. The first-order chi connectivity index (χ1) is 11.4. The molecule has 0 unspecified atom stereocenters. The number of halogens is 1. The highest BCUT2D eigenvalue weighted by molar-refractivity contribution is 7.80. The van der Waals surface area contributed by atoms with Gasteiger partial charge in [0.2, 0.25) is 0 Å². The molecule has 0 saturated heterocycles. The first-order valence-corrected chi connectivity index (χ1v) is 10.1. The van der Waals surface area contributed by atoms with Crippen molar-refractivity contribution in [2.24, 2.45) is 12.8 Å². The second kappa shape index (κ2) is 6.50. The summed E-state index contributed by atoms with van der Waals surface area (Å²) in [6.45, 7) is 4.18. The van der Waals surface area contributed by atoms with Gasteiger partial charge in [0.25, 0.3) is 0 Å². The number of nitrogens with two attached hydrogens (primary N) is 1. The van der Waals surface area contributed by atoms with Gasteiger partial charge in [-0.05, 0) is 31.5 Å². The van der Waals surface area contributed by atoms with Crippen LogP contribution in [0.1, 0.15) is 5.56 Å². The van der Waals surface area contributed by atoms with Crippen molar-refractivity contribution in [3.05, 3.63) is 54.0 Å². The third-order valence-corrected chi connectivity index (χ3v) is 5.43. The molecule has 0 saturated carbocycles. The Labute approximate surface area is 147 Å². The molecule has 0 atom stereocenters. The summed E-state index contributed by atoms with van der Waals surface area (Å²) in [4.78, 5) is 0.285. The fourth-order valence-electron chi connectivity index (χ4n) is 2.71. The molecule has 3 rings (SSSR count). The molecule has 3 nitrogen and oxygen atoms in total. The Bertz CT molecular complexity index is 936. The van der Waals surface area contributed by atoms with Crippen LogP contribution in [0.2, 0.25) is 0 Å². The third kappa shape index (κ3) is 3.02. The SMILES string of the molecule is Cn1ccc2c(P(C)C)c(Oc3cccc(C(N)=S)c3)c(F)cc21. The van der Waals surface area contributed by atoms with E-state index in [0.717, 1.165) is 16.2 Å². The second-order valence-corrected chi connectivity index (χ2v) is 8.46. The monoisotopic (exact) mass is 360 g/mol. The zero-order chi connectivity index (χ0) is 17.4. The summed E-state index contributed by atoms with van der Waals surface area (Å²) in [5.41, 5.74) is 7.22. The smallest absolute Gasteiger partial charge is 0.171 e. The van der Waals surface area contributed by atoms with Crippen LogP contribution in [0, 0.1) is 5.82 Å². The predicted molar refractivity (Wildman–Crippen MR) is 104 cm³/mol. The van der Waals surface area contributed by atoms with Crippen LogP contribution < -0.4 is 15.8 Å². The summed E-state index contributed by atoms with van der Waals surface area (Å²) in [6, 6.07) is 10.6. The molecule has 124 valence electrons. The van der Waals surface area contributed by atoms with E-state index in [0.29, 0.717) is 11.3 Å². The number of nitrogens with zero attached hydrogens (tertiary/aromatic N) is 1. The Hall–Kier alpha value is -1.97. The highest BCUT2D eigenvalue weighted by Gasteiger charge is 2.20. The van der Waals surface area contributed by atoms with Crippen LogP contribution in [-0.4, -0.2) is 22.9 Å². The first-order valence-electron chi connectivity index (χ1n) is 7.41. The molecule has 2 N–H and O–H groups in total. The Morgan fingerprint density at radius 2 is 2.00 bits per heavy atom. The number of ether oxygens (including phenoxy) is 1. The standard InChI is InChI=1S/C18H18FN2OPS/c1-21-8-7-13-15(21)10-14(19)16(17(13)23(2)3)22-12-6-4-5-11(9-12)18(20)24/h4-10H,1-3H3,(H2,20,24). The van der Waals surface area contributed by atoms with Crippen LogP contribution in [0.15, 0.2) is 42.6 Å². The summed E-state index contributed by atoms with van der Waals surface area (Å²) in [6.07, 6.45) is 1.93. The van der Waals surface area contributed by atoms with Gasteiger partial charge in [-0.2, -0.15) is 0 Å². The Morgan fingerprint density at radius 3 is 2.67 bits per heavy atom. The molecule has 0 amide bonds. The molecule has 2 aromatic carbocycles. The predicted octanol–water partition coefficient (Wildman–Crippen LogP) is 4.11. The van der Waals surface area contributed by atoms with E-state index in [2.05, 4.69) is 13.3 Å². The zero-order valence-corrected chi connectivity index (χ0v) is 15.4. The third-order valence-electron chi connectivity index (χ3n) is 3.86. The molecule has 3 aromatic rings. The van der Waals surface area contributed by atoms with Gasteiger partial charge < -0.3 is 15.0 Å². The van der Waals surface area contributed by atoms with Crippen LogP contribution >= 0.6 is 20.1 Å². The van der Waals surface area contributed by atoms with Crippen LogP contribution in [0.5, 0.6) is 11.5 Å². The van der Waals surface area contributed by atoms with E-state index in [9.17, 15) is 4.39 Å². The normalized spacial score (nSPS) is 11.2. The van der Waals surface area contributed by atoms with Crippen LogP contribution in [-0.2, 0) is 7.05 Å². The summed E-state index contributed by atoms with van der Waals surface area (Å²) in [5, 5.41) is 1.94. The van der Waals surface area contributed by atoms with Crippen LogP contribution in [0.25, 0.3) is 10.9 Å². The lowest BCUT2D eigenvalue weighted by atomic mass is 10.2. The molecule has 1 heterocycles. The molecule has 0 bridgehead atoms. The number of fused-ring (bicyclic) bond motifs is 1. The molecule has 0 spiro atoms. The maximum Gasteiger partial charge on any atom is 0.171 e. The van der Waals surface area contributed by atoms with E-state index in [1.165, 1.54) is 6.07 Å². The van der Waals surface area contributed by atoms with Crippen LogP contribution in [0.3, 0.4) is 0 Å². The van der Waals surface area contributed by atoms with Gasteiger partial charge in [0.15, 0.2) is 11.6 Å². The maximum absolute atomic E-state index is 14.8. The van der Waals surface area contributed by atoms with Gasteiger partial charge in [-0.3, -0.25) is 0 Å². The first kappa shape index (κ1) is 16.9. The lowest BCUT2D eigenvalue weighted by molar-refractivity contribution is 0.447. The fraction of sp³-hybridized carbons (Fsp3) is 0.167. The summed E-state index contributed by atoms with van der Waals surface area (Å²) in [7, 11) is 1.34. The van der Waals surface area contributed by atoms with E-state index in [-0.39, 0.29) is 16.6 Å². The number of benzene rings is 2. The van der Waals surface area contributed by atoms with Gasteiger partial charge in [0, 0.05) is 35.6 Å². The number of hydrogen-bond acceptors (Lipinski definition) is 2. The van der Waals surface area contributed by atoms with E-state index in [1.54, 1.807) is 24.3 Å². The molecule has 0 fully saturated rings. The van der Waals surface area contributed by atoms with Gasteiger partial charge in [-0.15, -0.1) is 0 Å². The Morgan fingerprint density at radius 1 is 1.25 bits per heavy atom. The van der Waals surface area contributed by atoms with Crippen molar-refractivity contribution in [1.29, 1.82) is 0 Å². The molecular weight excluding hydrogens is 342 g/mol. The van der Waals surface area contributed by atoms with Crippen molar-refractivity contribution < 1.29 is 9.13 Å². The minimum atomic E-state index is -0.564. The van der Waals surface area contributed by atoms with Gasteiger partial charge >= 0.3 is 0 Å². The van der Waals surface area contributed by atoms with Gasteiger partial charge in [0.1, 0.15) is 10.7 Å². The lowest BCUT2D eigenvalue weighted by Crippen LogP contribution is -2.10. The molecule has 0 aliphatic rings. The molecule has 0 radical (unpaired) electrons. The lowest BCUT2D eigenvalue weighted by Gasteiger charge is -2.17. The topological polar surface area (TPSA) is 40.2 Å². The summed E-state index contributed by atoms with van der Waals surface area (Å²) >= 11 is 4.99. The molecular formula is C18H18FN2OPS. The minimum Gasteiger partial charge on any atom is -0.454 e. The van der Waals surface area contributed by atoms with Crippen molar-refractivity contribution in [1.82, 2.24) is 4.57 Å². The molecule has 6 heteroatoms. The maximum atomic E-state index is 14.8. The zero-order valence-electron chi connectivity index (χ0n) is 13.7. The molecule has 0 aliphatic heterocycles. The van der Waals surface area contributed by atoms with Gasteiger partial charge in [-0.1, -0.05) is 32.3 Å². The number of rotatable bonds is 4. The van der Waals surface area contributed by atoms with Gasteiger partial charge in [0.05, 0.1) is 5.52 Å². The van der Waals surface area contributed by atoms with Crippen molar-refractivity contribution in [3.8, 4) is 11.5 Å². The molecule has 0 aliphatic carbocycles. The molecule has 1 aromatic heterocycles. The number of aryl methyl sites for hydroxylation is 1. The average Bonchev–Trinajstić information content (AvgIpc) is 2.88. The number of aromatic nitrogens is 1. The van der Waals surface area contributed by atoms with Crippen molar-refractivity contribution >= 4 is 41.3 Å². The summed E-state index contributed by atoms with van der Waals surface area (Å²) < 4.78 is 22.6. The highest BCUT2D eigenvalue weighted by atomic mass is 32.1. The van der Waals surface area contributed by atoms with Crippen LogP contribution in [0.4, 0.5) is 4.39 Å². The van der Waals surface area contributed by atoms with E-state index in [1.807, 2.05) is 23.9 Å². The van der Waals surface area contributed by atoms with E-state index >= 15 is 0 Å². The average molecular weight is 360 g/mol. The van der Waals surface area contributed by atoms with Gasteiger partial charge in [-0.25, -0.2) is 4.39 Å². The quantitative estimate of drug-likeness (QED) is 0.562. The number of hydrogen-bond donors (Lipinski definition) is 1. The summed E-state index contributed by atoms with van der Waals surface area (Å²) in [5.74, 6) is 0.439. The fourth-order valence-corrected chi connectivity index (χ4v) is 4.07. The van der Waals surface area contributed by atoms with E-state index in [4.69, 9.17) is 22.7 Å². The molecule has 24 heavy (non-hydrogen) atoms. The Balaban J connectivity index is 2.15. The minimum absolute atomic E-state index is 0.282. The van der Waals surface area contributed by atoms with Crippen molar-refractivity contribution in [2.45, 2.75) is 0 Å². The number of thiocarbonyl (C=S) groups is 1. The van der Waals surface area contributed by atoms with Crippen molar-refractivity contribution in [3.63, 3.8) is 0 Å². The Kier molecular flexibility index (Phi) is 4.57.